The van der Waals surface area contributed by atoms with E-state index in [4.69, 9.17) is 27.8 Å². The highest BCUT2D eigenvalue weighted by Gasteiger charge is 2.11. The van der Waals surface area contributed by atoms with Gasteiger partial charge in [-0.25, -0.2) is 0 Å². The van der Waals surface area contributed by atoms with Crippen LogP contribution in [0.2, 0.25) is 5.02 Å². The minimum atomic E-state index is -0.343. The number of methoxy groups -OCH3 is 1. The summed E-state index contributed by atoms with van der Waals surface area (Å²) >= 11 is 5.91. The quantitative estimate of drug-likeness (QED) is 0.758. The Bertz CT molecular complexity index is 639. The van der Waals surface area contributed by atoms with Crippen LogP contribution in [-0.2, 0) is 0 Å². The van der Waals surface area contributed by atoms with Crippen LogP contribution < -0.4 is 21.5 Å². The number of rotatable bonds is 3. The van der Waals surface area contributed by atoms with Crippen LogP contribution in [0.15, 0.2) is 36.4 Å². The first-order valence-electron chi connectivity index (χ1n) is 5.80. The summed E-state index contributed by atoms with van der Waals surface area (Å²) in [6.07, 6.45) is 0. The molecule has 20 heavy (non-hydrogen) atoms. The van der Waals surface area contributed by atoms with Gasteiger partial charge in [0.2, 0.25) is 0 Å². The third-order valence-electron chi connectivity index (χ3n) is 2.65. The molecule has 0 bridgehead atoms. The van der Waals surface area contributed by atoms with E-state index in [9.17, 15) is 4.79 Å². The van der Waals surface area contributed by atoms with Gasteiger partial charge in [-0.05, 0) is 36.4 Å². The molecule has 0 radical (unpaired) electrons. The zero-order valence-corrected chi connectivity index (χ0v) is 11.6. The first-order valence-corrected chi connectivity index (χ1v) is 6.18. The average molecular weight is 292 g/mol. The van der Waals surface area contributed by atoms with Crippen LogP contribution in [-0.4, -0.2) is 13.0 Å². The molecule has 0 saturated carbocycles. The standard InChI is InChI=1S/C14H14ClN3O2/c1-20-13-3-2-9(15)6-12(13)18-14(19)8-4-10(16)7-11(17)5-8/h2-7H,16-17H2,1H3,(H,18,19). The first-order chi connectivity index (χ1) is 9.49. The lowest BCUT2D eigenvalue weighted by atomic mass is 10.1. The Kier molecular flexibility index (Phi) is 4.00. The fraction of sp³-hybridized carbons (Fsp3) is 0.0714. The molecular weight excluding hydrogens is 278 g/mol. The van der Waals surface area contributed by atoms with Crippen LogP contribution in [0.3, 0.4) is 0 Å². The molecule has 0 aliphatic rings. The van der Waals surface area contributed by atoms with Gasteiger partial charge in [0.1, 0.15) is 5.75 Å². The Morgan fingerprint density at radius 2 is 1.80 bits per heavy atom. The van der Waals surface area contributed by atoms with Crippen molar-refractivity contribution in [2.45, 2.75) is 0 Å². The molecule has 0 unspecified atom stereocenters. The Morgan fingerprint density at radius 1 is 1.15 bits per heavy atom. The number of carbonyl (C=O) groups is 1. The lowest BCUT2D eigenvalue weighted by Crippen LogP contribution is -2.13. The van der Waals surface area contributed by atoms with Gasteiger partial charge in [0.05, 0.1) is 12.8 Å². The predicted molar refractivity (Wildman–Crippen MR) is 81.2 cm³/mol. The van der Waals surface area contributed by atoms with E-state index in [1.54, 1.807) is 36.4 Å². The fourth-order valence-corrected chi connectivity index (χ4v) is 1.95. The SMILES string of the molecule is COc1ccc(Cl)cc1NC(=O)c1cc(N)cc(N)c1. The third-order valence-corrected chi connectivity index (χ3v) is 2.88. The van der Waals surface area contributed by atoms with E-state index in [2.05, 4.69) is 5.32 Å². The smallest absolute Gasteiger partial charge is 0.255 e. The molecule has 2 aromatic rings. The summed E-state index contributed by atoms with van der Waals surface area (Å²) in [7, 11) is 1.51. The highest BCUT2D eigenvalue weighted by atomic mass is 35.5. The highest BCUT2D eigenvalue weighted by molar-refractivity contribution is 6.31. The molecule has 2 aromatic carbocycles. The van der Waals surface area contributed by atoms with Crippen LogP contribution in [0.4, 0.5) is 17.1 Å². The topological polar surface area (TPSA) is 90.4 Å². The lowest BCUT2D eigenvalue weighted by Gasteiger charge is -2.11. The van der Waals surface area contributed by atoms with Gasteiger partial charge in [-0.3, -0.25) is 4.79 Å². The van der Waals surface area contributed by atoms with Crippen molar-refractivity contribution in [1.82, 2.24) is 0 Å². The van der Waals surface area contributed by atoms with Gasteiger partial charge in [0.25, 0.3) is 5.91 Å². The maximum Gasteiger partial charge on any atom is 0.255 e. The first kappa shape index (κ1) is 14.0. The van der Waals surface area contributed by atoms with Crippen molar-refractivity contribution >= 4 is 34.6 Å². The molecule has 0 aliphatic heterocycles. The number of carbonyl (C=O) groups excluding carboxylic acids is 1. The van der Waals surface area contributed by atoms with Gasteiger partial charge in [0.15, 0.2) is 0 Å². The maximum absolute atomic E-state index is 12.2. The van der Waals surface area contributed by atoms with Crippen molar-refractivity contribution in [3.8, 4) is 5.75 Å². The number of nitrogens with two attached hydrogens (primary N) is 2. The van der Waals surface area contributed by atoms with Crippen LogP contribution in [0.25, 0.3) is 0 Å². The molecule has 0 heterocycles. The van der Waals surface area contributed by atoms with Crippen LogP contribution in [0.1, 0.15) is 10.4 Å². The molecule has 0 aliphatic carbocycles. The third kappa shape index (κ3) is 3.13. The van der Waals surface area contributed by atoms with E-state index in [1.807, 2.05) is 0 Å². The second kappa shape index (κ2) is 5.71. The van der Waals surface area contributed by atoms with Gasteiger partial charge in [-0.2, -0.15) is 0 Å². The summed E-state index contributed by atoms with van der Waals surface area (Å²) in [5.74, 6) is 0.171. The molecule has 5 N–H and O–H groups in total. The maximum atomic E-state index is 12.2. The van der Waals surface area contributed by atoms with E-state index in [0.717, 1.165) is 0 Å². The Hall–Kier alpha value is -2.40. The van der Waals surface area contributed by atoms with Crippen LogP contribution >= 0.6 is 11.6 Å². The van der Waals surface area contributed by atoms with Crippen LogP contribution in [0.5, 0.6) is 5.75 Å². The normalized spacial score (nSPS) is 10.1. The minimum absolute atomic E-state index is 0.343. The summed E-state index contributed by atoms with van der Waals surface area (Å²) in [4.78, 5) is 12.2. The molecule has 1 amide bonds. The zero-order valence-electron chi connectivity index (χ0n) is 10.8. The largest absolute Gasteiger partial charge is 0.495 e. The molecule has 6 heteroatoms. The number of nitrogens with one attached hydrogen (secondary N) is 1. The molecule has 0 spiro atoms. The highest BCUT2D eigenvalue weighted by Crippen LogP contribution is 2.28. The molecular formula is C14H14ClN3O2. The van der Waals surface area contributed by atoms with Crippen molar-refractivity contribution in [2.75, 3.05) is 23.9 Å². The Balaban J connectivity index is 2.29. The number of halogens is 1. The van der Waals surface area contributed by atoms with E-state index >= 15 is 0 Å². The number of amides is 1. The van der Waals surface area contributed by atoms with Crippen molar-refractivity contribution in [1.29, 1.82) is 0 Å². The molecule has 0 saturated heterocycles. The summed E-state index contributed by atoms with van der Waals surface area (Å²) in [5.41, 5.74) is 13.0. The number of nitrogen functional groups attached to an aromatic ring is 2. The monoisotopic (exact) mass is 291 g/mol. The number of hydrogen-bond acceptors (Lipinski definition) is 4. The van der Waals surface area contributed by atoms with Crippen LogP contribution in [0, 0.1) is 0 Å². The predicted octanol–water partition coefficient (Wildman–Crippen LogP) is 2.77. The van der Waals surface area contributed by atoms with Crippen molar-refractivity contribution in [2.24, 2.45) is 0 Å². The second-order valence-corrected chi connectivity index (χ2v) is 4.62. The fourth-order valence-electron chi connectivity index (χ4n) is 1.78. The number of ether oxygens (including phenoxy) is 1. The van der Waals surface area contributed by atoms with Gasteiger partial charge < -0.3 is 21.5 Å². The molecule has 5 nitrogen and oxygen atoms in total. The van der Waals surface area contributed by atoms with E-state index in [-0.39, 0.29) is 5.91 Å². The Morgan fingerprint density at radius 3 is 2.40 bits per heavy atom. The van der Waals surface area contributed by atoms with E-state index < -0.39 is 0 Å². The summed E-state index contributed by atoms with van der Waals surface area (Å²) in [6.45, 7) is 0. The summed E-state index contributed by atoms with van der Waals surface area (Å²) < 4.78 is 5.16. The minimum Gasteiger partial charge on any atom is -0.495 e. The molecule has 0 fully saturated rings. The number of anilines is 3. The van der Waals surface area contributed by atoms with Crippen molar-refractivity contribution in [3.63, 3.8) is 0 Å². The summed E-state index contributed by atoms with van der Waals surface area (Å²) in [5, 5.41) is 3.21. The zero-order chi connectivity index (χ0) is 14.7. The van der Waals surface area contributed by atoms with Gasteiger partial charge in [-0.1, -0.05) is 11.6 Å². The molecule has 104 valence electrons. The number of hydrogen-bond donors (Lipinski definition) is 3. The van der Waals surface area contributed by atoms with E-state index in [0.29, 0.717) is 33.4 Å². The lowest BCUT2D eigenvalue weighted by molar-refractivity contribution is 0.102. The van der Waals surface area contributed by atoms with Gasteiger partial charge in [0, 0.05) is 22.0 Å². The Labute approximate surface area is 121 Å². The number of benzene rings is 2. The molecule has 0 aromatic heterocycles. The van der Waals surface area contributed by atoms with Gasteiger partial charge >= 0.3 is 0 Å². The van der Waals surface area contributed by atoms with Gasteiger partial charge in [-0.15, -0.1) is 0 Å². The second-order valence-electron chi connectivity index (χ2n) is 4.19. The van der Waals surface area contributed by atoms with Crippen molar-refractivity contribution in [3.05, 3.63) is 47.0 Å². The average Bonchev–Trinajstić information content (AvgIpc) is 2.37. The molecule has 0 atom stereocenters. The summed E-state index contributed by atoms with van der Waals surface area (Å²) in [6, 6.07) is 9.62. The van der Waals surface area contributed by atoms with E-state index in [1.165, 1.54) is 7.11 Å². The van der Waals surface area contributed by atoms with Crippen molar-refractivity contribution < 1.29 is 9.53 Å². The molecule has 2 rings (SSSR count).